The first-order valence-electron chi connectivity index (χ1n) is 6.39. The predicted octanol–water partition coefficient (Wildman–Crippen LogP) is 3.66. The first-order chi connectivity index (χ1) is 10.1. The highest BCUT2D eigenvalue weighted by molar-refractivity contribution is 9.10. The Kier molecular flexibility index (Phi) is 5.47. The molecule has 0 radical (unpaired) electrons. The molecule has 0 saturated heterocycles. The van der Waals surface area contributed by atoms with Crippen molar-refractivity contribution in [1.82, 2.24) is 5.32 Å². The second-order valence-electron chi connectivity index (χ2n) is 4.59. The third kappa shape index (κ3) is 4.65. The number of rotatable bonds is 5. The summed E-state index contributed by atoms with van der Waals surface area (Å²) in [7, 11) is 1.64. The van der Waals surface area contributed by atoms with E-state index in [-0.39, 0.29) is 11.5 Å². The first kappa shape index (κ1) is 15.7. The summed E-state index contributed by atoms with van der Waals surface area (Å²) >= 11 is 3.17. The topological polar surface area (TPSA) is 38.3 Å². The second kappa shape index (κ2) is 7.33. The standard InChI is InChI=1S/C16H15BrFNO2/c1-21-10-12-4-2-11(3-5-12)9-19-16(20)13-6-14(17)8-15(18)7-13/h2-8H,9-10H2,1H3,(H,19,20). The van der Waals surface area contributed by atoms with Crippen LogP contribution >= 0.6 is 15.9 Å². The van der Waals surface area contributed by atoms with Crippen molar-refractivity contribution in [1.29, 1.82) is 0 Å². The molecular weight excluding hydrogens is 337 g/mol. The fourth-order valence-electron chi connectivity index (χ4n) is 1.89. The Hall–Kier alpha value is -1.72. The van der Waals surface area contributed by atoms with Gasteiger partial charge in [0.2, 0.25) is 0 Å². The average molecular weight is 352 g/mol. The zero-order valence-corrected chi connectivity index (χ0v) is 13.1. The highest BCUT2D eigenvalue weighted by Crippen LogP contribution is 2.15. The number of ether oxygens (including phenoxy) is 1. The van der Waals surface area contributed by atoms with Gasteiger partial charge in [-0.3, -0.25) is 4.79 Å². The summed E-state index contributed by atoms with van der Waals surface area (Å²) in [6, 6.07) is 11.9. The maximum absolute atomic E-state index is 13.2. The molecule has 2 aromatic rings. The van der Waals surface area contributed by atoms with Gasteiger partial charge in [0, 0.05) is 23.7 Å². The molecule has 0 aliphatic carbocycles. The number of methoxy groups -OCH3 is 1. The molecule has 21 heavy (non-hydrogen) atoms. The van der Waals surface area contributed by atoms with E-state index in [9.17, 15) is 9.18 Å². The summed E-state index contributed by atoms with van der Waals surface area (Å²) in [6.45, 7) is 0.949. The molecule has 0 fully saturated rings. The van der Waals surface area contributed by atoms with Crippen molar-refractivity contribution in [3.8, 4) is 0 Å². The van der Waals surface area contributed by atoms with E-state index in [1.54, 1.807) is 13.2 Å². The van der Waals surface area contributed by atoms with Gasteiger partial charge in [0.05, 0.1) is 6.61 Å². The van der Waals surface area contributed by atoms with Crippen LogP contribution in [0.1, 0.15) is 21.5 Å². The van der Waals surface area contributed by atoms with Crippen LogP contribution in [0.2, 0.25) is 0 Å². The Balaban J connectivity index is 1.97. The smallest absolute Gasteiger partial charge is 0.251 e. The molecule has 0 atom stereocenters. The van der Waals surface area contributed by atoms with Crippen LogP contribution in [-0.2, 0) is 17.9 Å². The fraction of sp³-hybridized carbons (Fsp3) is 0.188. The van der Waals surface area contributed by atoms with Gasteiger partial charge >= 0.3 is 0 Å². The first-order valence-corrected chi connectivity index (χ1v) is 7.19. The van der Waals surface area contributed by atoms with Gasteiger partial charge in [0.15, 0.2) is 0 Å². The van der Waals surface area contributed by atoms with Crippen LogP contribution in [0, 0.1) is 5.82 Å². The Bertz CT molecular complexity index is 608. The zero-order chi connectivity index (χ0) is 15.2. The molecule has 0 saturated carbocycles. The molecule has 110 valence electrons. The lowest BCUT2D eigenvalue weighted by molar-refractivity contribution is 0.0950. The highest BCUT2D eigenvalue weighted by Gasteiger charge is 2.08. The molecular formula is C16H15BrFNO2. The van der Waals surface area contributed by atoms with Crippen LogP contribution in [0.25, 0.3) is 0 Å². The molecule has 2 aromatic carbocycles. The second-order valence-corrected chi connectivity index (χ2v) is 5.51. The van der Waals surface area contributed by atoms with E-state index >= 15 is 0 Å². The van der Waals surface area contributed by atoms with Gasteiger partial charge in [0.25, 0.3) is 5.91 Å². The van der Waals surface area contributed by atoms with Crippen molar-refractivity contribution >= 4 is 21.8 Å². The summed E-state index contributed by atoms with van der Waals surface area (Å²) < 4.78 is 18.8. The zero-order valence-electron chi connectivity index (χ0n) is 11.5. The minimum Gasteiger partial charge on any atom is -0.380 e. The summed E-state index contributed by atoms with van der Waals surface area (Å²) in [5.74, 6) is -0.755. The minimum absolute atomic E-state index is 0.290. The minimum atomic E-state index is -0.446. The lowest BCUT2D eigenvalue weighted by Crippen LogP contribution is -2.22. The van der Waals surface area contributed by atoms with Gasteiger partial charge in [-0.2, -0.15) is 0 Å². The van der Waals surface area contributed by atoms with Gasteiger partial charge in [-0.05, 0) is 29.3 Å². The van der Waals surface area contributed by atoms with E-state index in [4.69, 9.17) is 4.74 Å². The van der Waals surface area contributed by atoms with E-state index in [2.05, 4.69) is 21.2 Å². The van der Waals surface area contributed by atoms with Gasteiger partial charge < -0.3 is 10.1 Å². The number of hydrogen-bond acceptors (Lipinski definition) is 2. The van der Waals surface area contributed by atoms with Crippen LogP contribution in [0.4, 0.5) is 4.39 Å². The van der Waals surface area contributed by atoms with Crippen molar-refractivity contribution < 1.29 is 13.9 Å². The number of halogens is 2. The molecule has 1 N–H and O–H groups in total. The van der Waals surface area contributed by atoms with Crippen molar-refractivity contribution in [2.24, 2.45) is 0 Å². The molecule has 0 aromatic heterocycles. The Labute approximate surface area is 131 Å². The Morgan fingerprint density at radius 3 is 2.48 bits per heavy atom. The van der Waals surface area contributed by atoms with Gasteiger partial charge in [0.1, 0.15) is 5.82 Å². The number of hydrogen-bond donors (Lipinski definition) is 1. The van der Waals surface area contributed by atoms with Gasteiger partial charge in [-0.1, -0.05) is 40.2 Å². The molecule has 5 heteroatoms. The summed E-state index contributed by atoms with van der Waals surface area (Å²) in [5, 5.41) is 2.76. The molecule has 0 unspecified atom stereocenters. The van der Waals surface area contributed by atoms with Crippen LogP contribution in [-0.4, -0.2) is 13.0 Å². The fourth-order valence-corrected chi connectivity index (χ4v) is 2.35. The van der Waals surface area contributed by atoms with Crippen molar-refractivity contribution in [2.45, 2.75) is 13.2 Å². The number of carbonyl (C=O) groups is 1. The number of carbonyl (C=O) groups excluding carboxylic acids is 1. The average Bonchev–Trinajstić information content (AvgIpc) is 2.45. The van der Waals surface area contributed by atoms with Crippen molar-refractivity contribution in [2.75, 3.05) is 7.11 Å². The molecule has 0 aliphatic heterocycles. The lowest BCUT2D eigenvalue weighted by atomic mass is 10.1. The SMILES string of the molecule is COCc1ccc(CNC(=O)c2cc(F)cc(Br)c2)cc1. The summed E-state index contributed by atoms with van der Waals surface area (Å²) in [5.41, 5.74) is 2.33. The van der Waals surface area contributed by atoms with Gasteiger partial charge in [-0.15, -0.1) is 0 Å². The quantitative estimate of drug-likeness (QED) is 0.892. The largest absolute Gasteiger partial charge is 0.380 e. The van der Waals surface area contributed by atoms with Crippen LogP contribution in [0.5, 0.6) is 0 Å². The van der Waals surface area contributed by atoms with E-state index in [0.29, 0.717) is 17.6 Å². The van der Waals surface area contributed by atoms with Crippen molar-refractivity contribution in [3.63, 3.8) is 0 Å². The molecule has 1 amide bonds. The Morgan fingerprint density at radius 2 is 1.86 bits per heavy atom. The van der Waals surface area contributed by atoms with Crippen LogP contribution in [0.15, 0.2) is 46.9 Å². The molecule has 3 nitrogen and oxygen atoms in total. The van der Waals surface area contributed by atoms with Gasteiger partial charge in [-0.25, -0.2) is 4.39 Å². The number of nitrogens with one attached hydrogen (secondary N) is 1. The van der Waals surface area contributed by atoms with E-state index in [1.165, 1.54) is 12.1 Å². The summed E-state index contributed by atoms with van der Waals surface area (Å²) in [4.78, 5) is 12.0. The predicted molar refractivity (Wildman–Crippen MR) is 82.4 cm³/mol. The lowest BCUT2D eigenvalue weighted by Gasteiger charge is -2.07. The van der Waals surface area contributed by atoms with E-state index < -0.39 is 5.82 Å². The monoisotopic (exact) mass is 351 g/mol. The molecule has 0 bridgehead atoms. The Morgan fingerprint density at radius 1 is 1.19 bits per heavy atom. The van der Waals surface area contributed by atoms with Crippen LogP contribution in [0.3, 0.4) is 0 Å². The maximum Gasteiger partial charge on any atom is 0.251 e. The maximum atomic E-state index is 13.2. The normalized spacial score (nSPS) is 10.4. The summed E-state index contributed by atoms with van der Waals surface area (Å²) in [6.07, 6.45) is 0. The third-order valence-corrected chi connectivity index (χ3v) is 3.37. The van der Waals surface area contributed by atoms with E-state index in [1.807, 2.05) is 24.3 Å². The van der Waals surface area contributed by atoms with Crippen LogP contribution < -0.4 is 5.32 Å². The third-order valence-electron chi connectivity index (χ3n) is 2.91. The number of amides is 1. The highest BCUT2D eigenvalue weighted by atomic mass is 79.9. The van der Waals surface area contributed by atoms with Crippen molar-refractivity contribution in [3.05, 3.63) is 69.4 Å². The molecule has 0 aliphatic rings. The number of benzene rings is 2. The molecule has 0 heterocycles. The van der Waals surface area contributed by atoms with E-state index in [0.717, 1.165) is 11.1 Å². The molecule has 2 rings (SSSR count). The molecule has 0 spiro atoms.